The van der Waals surface area contributed by atoms with Gasteiger partial charge >= 0.3 is 0 Å². The molecule has 1 N–H and O–H groups in total. The molecule has 0 amide bonds. The summed E-state index contributed by atoms with van der Waals surface area (Å²) in [6, 6.07) is 0. The highest BCUT2D eigenvalue weighted by atomic mass is 16.5. The molecule has 4 heteroatoms. The summed E-state index contributed by atoms with van der Waals surface area (Å²) < 4.78 is 7.42. The Bertz CT molecular complexity index is 303. The molecule has 1 aliphatic heterocycles. The summed E-state index contributed by atoms with van der Waals surface area (Å²) in [6.45, 7) is 3.53. The second kappa shape index (κ2) is 4.77. The van der Waals surface area contributed by atoms with E-state index in [1.807, 2.05) is 10.9 Å². The summed E-state index contributed by atoms with van der Waals surface area (Å²) in [6.07, 6.45) is 6.97. The average molecular weight is 210 g/mol. The molecule has 2 unspecified atom stereocenters. The van der Waals surface area contributed by atoms with E-state index in [0.29, 0.717) is 6.10 Å². The Labute approximate surface area is 89.9 Å². The van der Waals surface area contributed by atoms with Gasteiger partial charge in [0.05, 0.1) is 18.4 Å². The third kappa shape index (κ3) is 2.79. The van der Waals surface area contributed by atoms with E-state index in [0.717, 1.165) is 25.1 Å². The molecule has 1 fully saturated rings. The molecule has 4 nitrogen and oxygen atoms in total. The summed E-state index contributed by atoms with van der Waals surface area (Å²) >= 11 is 0. The number of aliphatic hydroxyl groups is 1. The first-order valence-corrected chi connectivity index (χ1v) is 5.58. The number of hydrogen-bond acceptors (Lipinski definition) is 3. The summed E-state index contributed by atoms with van der Waals surface area (Å²) in [7, 11) is 0. The minimum Gasteiger partial charge on any atom is -0.389 e. The summed E-state index contributed by atoms with van der Waals surface area (Å²) in [5, 5.41) is 13.5. The zero-order valence-corrected chi connectivity index (χ0v) is 9.09. The lowest BCUT2D eigenvalue weighted by atomic mass is 10.2. The fourth-order valence-electron chi connectivity index (χ4n) is 1.87. The molecule has 84 valence electrons. The molecule has 0 bridgehead atoms. The van der Waals surface area contributed by atoms with Crippen LogP contribution in [-0.4, -0.2) is 27.6 Å². The fraction of sp³-hybridized carbons (Fsp3) is 0.727. The number of rotatable bonds is 4. The van der Waals surface area contributed by atoms with Crippen LogP contribution in [0.25, 0.3) is 0 Å². The lowest BCUT2D eigenvalue weighted by Gasteiger charge is -2.08. The van der Waals surface area contributed by atoms with Crippen molar-refractivity contribution in [2.45, 2.75) is 44.9 Å². The van der Waals surface area contributed by atoms with Crippen LogP contribution in [0.1, 0.15) is 37.9 Å². The van der Waals surface area contributed by atoms with Crippen molar-refractivity contribution in [2.24, 2.45) is 0 Å². The molecule has 1 aromatic heterocycles. The van der Waals surface area contributed by atoms with Gasteiger partial charge in [0.1, 0.15) is 0 Å². The van der Waals surface area contributed by atoms with Crippen molar-refractivity contribution in [3.05, 3.63) is 18.0 Å². The molecular weight excluding hydrogens is 192 g/mol. The Morgan fingerprint density at radius 1 is 1.73 bits per heavy atom. The monoisotopic (exact) mass is 210 g/mol. The molecule has 0 aliphatic carbocycles. The highest BCUT2D eigenvalue weighted by molar-refractivity contribution is 5.06. The van der Waals surface area contributed by atoms with Crippen molar-refractivity contribution < 1.29 is 9.84 Å². The molecule has 2 atom stereocenters. The van der Waals surface area contributed by atoms with Crippen LogP contribution in [0.5, 0.6) is 0 Å². The van der Waals surface area contributed by atoms with Crippen molar-refractivity contribution in [1.82, 2.24) is 9.78 Å². The second-order valence-electron chi connectivity index (χ2n) is 4.14. The van der Waals surface area contributed by atoms with Gasteiger partial charge in [-0.05, 0) is 26.2 Å². The Morgan fingerprint density at radius 3 is 3.20 bits per heavy atom. The van der Waals surface area contributed by atoms with Crippen LogP contribution in [-0.2, 0) is 11.3 Å². The SMILES string of the molecule is CC(O)c1cnn(CCC2CCCO2)c1. The van der Waals surface area contributed by atoms with Gasteiger partial charge in [-0.3, -0.25) is 4.68 Å². The van der Waals surface area contributed by atoms with Gasteiger partial charge in [-0.15, -0.1) is 0 Å². The highest BCUT2D eigenvalue weighted by Gasteiger charge is 2.15. The zero-order valence-electron chi connectivity index (χ0n) is 9.09. The van der Waals surface area contributed by atoms with E-state index in [4.69, 9.17) is 4.74 Å². The Morgan fingerprint density at radius 2 is 2.60 bits per heavy atom. The first-order valence-electron chi connectivity index (χ1n) is 5.58. The summed E-state index contributed by atoms with van der Waals surface area (Å²) in [4.78, 5) is 0. The molecule has 0 radical (unpaired) electrons. The van der Waals surface area contributed by atoms with Gasteiger partial charge in [-0.2, -0.15) is 5.10 Å². The standard InChI is InChI=1S/C11H18N2O2/c1-9(14)10-7-12-13(8-10)5-4-11-3-2-6-15-11/h7-9,11,14H,2-6H2,1H3. The maximum Gasteiger partial charge on any atom is 0.0792 e. The van der Waals surface area contributed by atoms with Crippen molar-refractivity contribution in [3.8, 4) is 0 Å². The highest BCUT2D eigenvalue weighted by Crippen LogP contribution is 2.16. The van der Waals surface area contributed by atoms with Crippen LogP contribution >= 0.6 is 0 Å². The second-order valence-corrected chi connectivity index (χ2v) is 4.14. The first-order chi connectivity index (χ1) is 7.25. The number of ether oxygens (including phenoxy) is 1. The Balaban J connectivity index is 1.82. The molecule has 0 aromatic carbocycles. The van der Waals surface area contributed by atoms with Crippen LogP contribution < -0.4 is 0 Å². The van der Waals surface area contributed by atoms with Gasteiger partial charge in [0, 0.05) is 24.9 Å². The molecule has 2 rings (SSSR count). The van der Waals surface area contributed by atoms with Gasteiger partial charge in [-0.25, -0.2) is 0 Å². The number of nitrogens with zero attached hydrogens (tertiary/aromatic N) is 2. The van der Waals surface area contributed by atoms with Crippen molar-refractivity contribution in [2.75, 3.05) is 6.61 Å². The van der Waals surface area contributed by atoms with Crippen molar-refractivity contribution in [1.29, 1.82) is 0 Å². The molecular formula is C11H18N2O2. The third-order valence-corrected chi connectivity index (χ3v) is 2.84. The van der Waals surface area contributed by atoms with Crippen LogP contribution in [0.4, 0.5) is 0 Å². The van der Waals surface area contributed by atoms with Crippen LogP contribution in [0.3, 0.4) is 0 Å². The van der Waals surface area contributed by atoms with Gasteiger partial charge < -0.3 is 9.84 Å². The lowest BCUT2D eigenvalue weighted by Crippen LogP contribution is -2.10. The van der Waals surface area contributed by atoms with Crippen LogP contribution in [0.2, 0.25) is 0 Å². The van der Waals surface area contributed by atoms with Crippen LogP contribution in [0.15, 0.2) is 12.4 Å². The zero-order chi connectivity index (χ0) is 10.7. The van der Waals surface area contributed by atoms with Gasteiger partial charge in [0.25, 0.3) is 0 Å². The largest absolute Gasteiger partial charge is 0.389 e. The van der Waals surface area contributed by atoms with Crippen molar-refractivity contribution >= 4 is 0 Å². The lowest BCUT2D eigenvalue weighted by molar-refractivity contribution is 0.0994. The average Bonchev–Trinajstić information content (AvgIpc) is 2.86. The predicted octanol–water partition coefficient (Wildman–Crippen LogP) is 1.51. The number of aryl methyl sites for hydroxylation is 1. The topological polar surface area (TPSA) is 47.3 Å². The predicted molar refractivity (Wildman–Crippen MR) is 56.5 cm³/mol. The van der Waals surface area contributed by atoms with E-state index in [9.17, 15) is 5.11 Å². The molecule has 1 saturated heterocycles. The molecule has 15 heavy (non-hydrogen) atoms. The van der Waals surface area contributed by atoms with E-state index in [2.05, 4.69) is 5.10 Å². The van der Waals surface area contributed by atoms with Gasteiger partial charge in [0.15, 0.2) is 0 Å². The van der Waals surface area contributed by atoms with Gasteiger partial charge in [0.2, 0.25) is 0 Å². The number of hydrogen-bond donors (Lipinski definition) is 1. The number of aromatic nitrogens is 2. The summed E-state index contributed by atoms with van der Waals surface area (Å²) in [5.74, 6) is 0. The van der Waals surface area contributed by atoms with Gasteiger partial charge in [-0.1, -0.05) is 0 Å². The normalized spacial score (nSPS) is 23.2. The minimum atomic E-state index is -0.429. The van der Waals surface area contributed by atoms with E-state index >= 15 is 0 Å². The third-order valence-electron chi connectivity index (χ3n) is 2.84. The quantitative estimate of drug-likeness (QED) is 0.819. The van der Waals surface area contributed by atoms with E-state index in [-0.39, 0.29) is 0 Å². The van der Waals surface area contributed by atoms with E-state index in [1.165, 1.54) is 12.8 Å². The maximum atomic E-state index is 9.34. The Hall–Kier alpha value is -0.870. The van der Waals surface area contributed by atoms with Crippen molar-refractivity contribution in [3.63, 3.8) is 0 Å². The summed E-state index contributed by atoms with van der Waals surface area (Å²) in [5.41, 5.74) is 0.877. The molecule has 0 saturated carbocycles. The molecule has 0 spiro atoms. The minimum absolute atomic E-state index is 0.407. The number of aliphatic hydroxyl groups excluding tert-OH is 1. The van der Waals surface area contributed by atoms with E-state index < -0.39 is 6.10 Å². The maximum absolute atomic E-state index is 9.34. The Kier molecular flexibility index (Phi) is 3.38. The molecule has 1 aliphatic rings. The van der Waals surface area contributed by atoms with E-state index in [1.54, 1.807) is 13.1 Å². The smallest absolute Gasteiger partial charge is 0.0792 e. The fourth-order valence-corrected chi connectivity index (χ4v) is 1.87. The molecule has 2 heterocycles. The van der Waals surface area contributed by atoms with Crippen LogP contribution in [0, 0.1) is 0 Å². The first kappa shape index (κ1) is 10.6. The molecule has 1 aromatic rings.